The first-order chi connectivity index (χ1) is 5.83. The monoisotopic (exact) mass is 171 g/mol. The normalized spacial score (nSPS) is 28.8. The lowest BCUT2D eigenvalue weighted by Crippen LogP contribution is -2.13. The first-order valence-electron chi connectivity index (χ1n) is 4.68. The second kappa shape index (κ2) is 5.14. The standard InChI is InChI=1S/C9H17NO2/c11-7-10-5-1-2-8-3-4-9(12)6-8/h7-9,12H,1-6H2,(H,10,11)/t8?,9-/m1/s1. The van der Waals surface area contributed by atoms with Crippen molar-refractivity contribution in [1.82, 2.24) is 5.32 Å². The predicted octanol–water partition coefficient (Wildman–Crippen LogP) is 0.674. The van der Waals surface area contributed by atoms with E-state index in [1.807, 2.05) is 0 Å². The van der Waals surface area contributed by atoms with Crippen LogP contribution < -0.4 is 5.32 Å². The van der Waals surface area contributed by atoms with Gasteiger partial charge in [0.25, 0.3) is 0 Å². The van der Waals surface area contributed by atoms with Crippen LogP contribution in [0.15, 0.2) is 0 Å². The molecule has 12 heavy (non-hydrogen) atoms. The summed E-state index contributed by atoms with van der Waals surface area (Å²) >= 11 is 0. The van der Waals surface area contributed by atoms with Crippen molar-refractivity contribution >= 4 is 6.41 Å². The number of rotatable bonds is 5. The first kappa shape index (κ1) is 9.52. The van der Waals surface area contributed by atoms with Crippen molar-refractivity contribution in [3.8, 4) is 0 Å². The second-order valence-electron chi connectivity index (χ2n) is 3.55. The molecule has 0 spiro atoms. The van der Waals surface area contributed by atoms with E-state index in [2.05, 4.69) is 5.32 Å². The fourth-order valence-corrected chi connectivity index (χ4v) is 1.86. The van der Waals surface area contributed by atoms with Crippen molar-refractivity contribution in [2.24, 2.45) is 5.92 Å². The van der Waals surface area contributed by atoms with Gasteiger partial charge < -0.3 is 10.4 Å². The molecule has 0 aromatic rings. The lowest BCUT2D eigenvalue weighted by atomic mass is 10.0. The summed E-state index contributed by atoms with van der Waals surface area (Å²) in [4.78, 5) is 9.90. The highest BCUT2D eigenvalue weighted by molar-refractivity contribution is 5.45. The highest BCUT2D eigenvalue weighted by Gasteiger charge is 2.21. The SMILES string of the molecule is O=CNCCCC1CC[C@@H](O)C1. The molecule has 0 aromatic heterocycles. The molecule has 0 aromatic carbocycles. The summed E-state index contributed by atoms with van der Waals surface area (Å²) < 4.78 is 0. The van der Waals surface area contributed by atoms with Gasteiger partial charge in [0.1, 0.15) is 0 Å². The molecule has 2 N–H and O–H groups in total. The number of hydrogen-bond acceptors (Lipinski definition) is 2. The van der Waals surface area contributed by atoms with Crippen molar-refractivity contribution in [1.29, 1.82) is 0 Å². The van der Waals surface area contributed by atoms with Gasteiger partial charge in [-0.2, -0.15) is 0 Å². The van der Waals surface area contributed by atoms with Gasteiger partial charge in [0.2, 0.25) is 6.41 Å². The zero-order valence-corrected chi connectivity index (χ0v) is 7.33. The molecule has 1 unspecified atom stereocenters. The lowest BCUT2D eigenvalue weighted by Gasteiger charge is -2.07. The Morgan fingerprint density at radius 1 is 1.50 bits per heavy atom. The molecule has 70 valence electrons. The van der Waals surface area contributed by atoms with E-state index in [9.17, 15) is 9.90 Å². The number of amides is 1. The molecule has 2 atom stereocenters. The van der Waals surface area contributed by atoms with Gasteiger partial charge in [0.15, 0.2) is 0 Å². The predicted molar refractivity (Wildman–Crippen MR) is 46.6 cm³/mol. The summed E-state index contributed by atoms with van der Waals surface area (Å²) in [6.45, 7) is 0.774. The van der Waals surface area contributed by atoms with Crippen LogP contribution in [0.25, 0.3) is 0 Å². The van der Waals surface area contributed by atoms with E-state index in [0.29, 0.717) is 5.92 Å². The number of hydrogen-bond donors (Lipinski definition) is 2. The molecule has 1 aliphatic carbocycles. The topological polar surface area (TPSA) is 49.3 Å². The minimum Gasteiger partial charge on any atom is -0.393 e. The van der Waals surface area contributed by atoms with Crippen LogP contribution in [0.5, 0.6) is 0 Å². The first-order valence-corrected chi connectivity index (χ1v) is 4.68. The Balaban J connectivity index is 1.96. The van der Waals surface area contributed by atoms with E-state index in [1.54, 1.807) is 0 Å². The average molecular weight is 171 g/mol. The van der Waals surface area contributed by atoms with E-state index < -0.39 is 0 Å². The van der Waals surface area contributed by atoms with Crippen molar-refractivity contribution < 1.29 is 9.90 Å². The van der Waals surface area contributed by atoms with Crippen molar-refractivity contribution in [3.05, 3.63) is 0 Å². The van der Waals surface area contributed by atoms with Crippen LogP contribution in [0.2, 0.25) is 0 Å². The zero-order valence-electron chi connectivity index (χ0n) is 7.33. The average Bonchev–Trinajstić information content (AvgIpc) is 2.45. The molecule has 1 saturated carbocycles. The van der Waals surface area contributed by atoms with Gasteiger partial charge in [-0.3, -0.25) is 4.79 Å². The van der Waals surface area contributed by atoms with Crippen molar-refractivity contribution in [2.45, 2.75) is 38.2 Å². The number of aliphatic hydroxyl groups excluding tert-OH is 1. The molecular weight excluding hydrogens is 154 g/mol. The van der Waals surface area contributed by atoms with Crippen LogP contribution in [0.3, 0.4) is 0 Å². The Morgan fingerprint density at radius 3 is 2.92 bits per heavy atom. The van der Waals surface area contributed by atoms with Gasteiger partial charge in [-0.15, -0.1) is 0 Å². The van der Waals surface area contributed by atoms with Crippen LogP contribution in [-0.4, -0.2) is 24.2 Å². The Labute approximate surface area is 73.2 Å². The fraction of sp³-hybridized carbons (Fsp3) is 0.889. The Morgan fingerprint density at radius 2 is 2.33 bits per heavy atom. The fourth-order valence-electron chi connectivity index (χ4n) is 1.86. The Kier molecular flexibility index (Phi) is 4.08. The molecule has 0 aliphatic heterocycles. The second-order valence-corrected chi connectivity index (χ2v) is 3.55. The summed E-state index contributed by atoms with van der Waals surface area (Å²) in [6, 6.07) is 0. The molecule has 0 bridgehead atoms. The maximum absolute atomic E-state index is 9.90. The highest BCUT2D eigenvalue weighted by atomic mass is 16.3. The van der Waals surface area contributed by atoms with E-state index in [1.165, 1.54) is 0 Å². The third-order valence-electron chi connectivity index (χ3n) is 2.53. The maximum Gasteiger partial charge on any atom is 0.207 e. The summed E-state index contributed by atoms with van der Waals surface area (Å²) in [7, 11) is 0. The minimum absolute atomic E-state index is 0.0611. The molecular formula is C9H17NO2. The smallest absolute Gasteiger partial charge is 0.207 e. The van der Waals surface area contributed by atoms with Gasteiger partial charge >= 0.3 is 0 Å². The van der Waals surface area contributed by atoms with Gasteiger partial charge in [-0.05, 0) is 38.0 Å². The minimum atomic E-state index is -0.0611. The molecule has 0 saturated heterocycles. The molecule has 3 heteroatoms. The van der Waals surface area contributed by atoms with E-state index >= 15 is 0 Å². The molecule has 0 radical (unpaired) electrons. The molecule has 1 fully saturated rings. The Hall–Kier alpha value is -0.570. The molecule has 1 amide bonds. The largest absolute Gasteiger partial charge is 0.393 e. The third kappa shape index (κ3) is 3.22. The summed E-state index contributed by atoms with van der Waals surface area (Å²) in [5.74, 6) is 0.688. The van der Waals surface area contributed by atoms with Crippen molar-refractivity contribution in [2.75, 3.05) is 6.54 Å². The van der Waals surface area contributed by atoms with Crippen LogP contribution in [0, 0.1) is 5.92 Å². The van der Waals surface area contributed by atoms with E-state index in [0.717, 1.165) is 45.1 Å². The van der Waals surface area contributed by atoms with Crippen LogP contribution >= 0.6 is 0 Å². The van der Waals surface area contributed by atoms with Crippen LogP contribution in [-0.2, 0) is 4.79 Å². The van der Waals surface area contributed by atoms with Gasteiger partial charge in [0, 0.05) is 6.54 Å². The van der Waals surface area contributed by atoms with Gasteiger partial charge in [-0.25, -0.2) is 0 Å². The number of aliphatic hydroxyl groups is 1. The zero-order chi connectivity index (χ0) is 8.81. The molecule has 1 aliphatic rings. The highest BCUT2D eigenvalue weighted by Crippen LogP contribution is 2.28. The third-order valence-corrected chi connectivity index (χ3v) is 2.53. The Bertz CT molecular complexity index is 138. The number of nitrogens with one attached hydrogen (secondary N) is 1. The number of carbonyl (C=O) groups is 1. The lowest BCUT2D eigenvalue weighted by molar-refractivity contribution is -0.109. The van der Waals surface area contributed by atoms with E-state index in [4.69, 9.17) is 0 Å². The van der Waals surface area contributed by atoms with Gasteiger partial charge in [-0.1, -0.05) is 0 Å². The molecule has 1 rings (SSSR count). The molecule has 0 heterocycles. The summed E-state index contributed by atoms with van der Waals surface area (Å²) in [5, 5.41) is 11.9. The van der Waals surface area contributed by atoms with E-state index in [-0.39, 0.29) is 6.10 Å². The summed E-state index contributed by atoms with van der Waals surface area (Å²) in [5.41, 5.74) is 0. The van der Waals surface area contributed by atoms with Gasteiger partial charge in [0.05, 0.1) is 6.10 Å². The summed E-state index contributed by atoms with van der Waals surface area (Å²) in [6.07, 6.45) is 5.93. The molecule has 3 nitrogen and oxygen atoms in total. The number of carbonyl (C=O) groups excluding carboxylic acids is 1. The van der Waals surface area contributed by atoms with Crippen LogP contribution in [0.1, 0.15) is 32.1 Å². The maximum atomic E-state index is 9.90. The van der Waals surface area contributed by atoms with Crippen LogP contribution in [0.4, 0.5) is 0 Å². The quantitative estimate of drug-likeness (QED) is 0.472. The van der Waals surface area contributed by atoms with Crippen molar-refractivity contribution in [3.63, 3.8) is 0 Å².